The topological polar surface area (TPSA) is 34.1 Å². The molecule has 0 saturated carbocycles. The van der Waals surface area contributed by atoms with E-state index in [2.05, 4.69) is 29.4 Å². The van der Waals surface area contributed by atoms with Crippen molar-refractivity contribution in [3.63, 3.8) is 0 Å². The van der Waals surface area contributed by atoms with Crippen molar-refractivity contribution in [3.8, 4) is 0 Å². The van der Waals surface area contributed by atoms with E-state index >= 15 is 0 Å². The maximum atomic E-state index is 5.48. The fourth-order valence-corrected chi connectivity index (χ4v) is 1.90. The first-order chi connectivity index (χ1) is 9.31. The molecule has 0 radical (unpaired) electrons. The first-order valence-electron chi connectivity index (χ1n) is 6.60. The zero-order valence-electron chi connectivity index (χ0n) is 11.5. The van der Waals surface area contributed by atoms with Crippen LogP contribution < -0.4 is 5.32 Å². The van der Waals surface area contributed by atoms with Crippen LogP contribution in [0.15, 0.2) is 42.7 Å². The molecule has 2 rings (SSSR count). The number of pyridine rings is 1. The molecule has 0 aliphatic carbocycles. The molecule has 0 spiro atoms. The van der Waals surface area contributed by atoms with Crippen molar-refractivity contribution in [2.45, 2.75) is 27.0 Å². The van der Waals surface area contributed by atoms with Crippen LogP contribution in [0.2, 0.25) is 0 Å². The molecule has 19 heavy (non-hydrogen) atoms. The smallest absolute Gasteiger partial charge is 0.0736 e. The minimum atomic E-state index is 0.645. The highest BCUT2D eigenvalue weighted by molar-refractivity contribution is 5.51. The largest absolute Gasteiger partial charge is 0.381 e. The van der Waals surface area contributed by atoms with Crippen LogP contribution in [-0.2, 0) is 17.9 Å². The third-order valence-electron chi connectivity index (χ3n) is 3.10. The van der Waals surface area contributed by atoms with E-state index in [4.69, 9.17) is 4.74 Å². The van der Waals surface area contributed by atoms with Gasteiger partial charge in [-0.3, -0.25) is 4.98 Å². The summed E-state index contributed by atoms with van der Waals surface area (Å²) in [6.07, 6.45) is 3.73. The molecular formula is C16H20N2O. The van der Waals surface area contributed by atoms with Gasteiger partial charge in [-0.2, -0.15) is 0 Å². The molecule has 0 fully saturated rings. The Bertz CT molecular complexity index is 526. The molecule has 3 heteroatoms. The molecule has 100 valence electrons. The SMILES string of the molecule is CCOCc1ccccc1NCc1cnccc1C. The van der Waals surface area contributed by atoms with E-state index < -0.39 is 0 Å². The summed E-state index contributed by atoms with van der Waals surface area (Å²) in [5.74, 6) is 0. The standard InChI is InChI=1S/C16H20N2O/c1-3-19-12-14-6-4-5-7-16(14)18-11-15-10-17-9-8-13(15)2/h4-10,18H,3,11-12H2,1-2H3. The summed E-state index contributed by atoms with van der Waals surface area (Å²) in [5, 5.41) is 3.46. The van der Waals surface area contributed by atoms with Crippen LogP contribution in [0.25, 0.3) is 0 Å². The third-order valence-corrected chi connectivity index (χ3v) is 3.10. The second kappa shape index (κ2) is 6.90. The van der Waals surface area contributed by atoms with Gasteiger partial charge in [-0.1, -0.05) is 18.2 Å². The summed E-state index contributed by atoms with van der Waals surface area (Å²) in [7, 11) is 0. The number of rotatable bonds is 6. The number of anilines is 1. The Morgan fingerprint density at radius 3 is 2.79 bits per heavy atom. The summed E-state index contributed by atoms with van der Waals surface area (Å²) in [6, 6.07) is 10.3. The Labute approximate surface area is 114 Å². The number of aromatic nitrogens is 1. The number of aryl methyl sites for hydroxylation is 1. The zero-order valence-corrected chi connectivity index (χ0v) is 11.5. The lowest BCUT2D eigenvalue weighted by molar-refractivity contribution is 0.134. The predicted octanol–water partition coefficient (Wildman–Crippen LogP) is 3.54. The van der Waals surface area contributed by atoms with Gasteiger partial charge in [0.1, 0.15) is 0 Å². The first-order valence-corrected chi connectivity index (χ1v) is 6.60. The van der Waals surface area contributed by atoms with Crippen LogP contribution in [-0.4, -0.2) is 11.6 Å². The van der Waals surface area contributed by atoms with Crippen LogP contribution >= 0.6 is 0 Å². The van der Waals surface area contributed by atoms with E-state index in [0.29, 0.717) is 6.61 Å². The van der Waals surface area contributed by atoms with E-state index in [9.17, 15) is 0 Å². The second-order valence-corrected chi connectivity index (χ2v) is 4.45. The molecule has 0 saturated heterocycles. The van der Waals surface area contributed by atoms with Crippen LogP contribution in [0, 0.1) is 6.92 Å². The number of hydrogen-bond acceptors (Lipinski definition) is 3. The maximum Gasteiger partial charge on any atom is 0.0736 e. The molecule has 1 aromatic carbocycles. The summed E-state index contributed by atoms with van der Waals surface area (Å²) in [4.78, 5) is 4.17. The number of hydrogen-bond donors (Lipinski definition) is 1. The normalized spacial score (nSPS) is 10.4. The average molecular weight is 256 g/mol. The Morgan fingerprint density at radius 2 is 2.00 bits per heavy atom. The van der Waals surface area contributed by atoms with E-state index in [1.54, 1.807) is 0 Å². The highest BCUT2D eigenvalue weighted by Gasteiger charge is 2.02. The van der Waals surface area contributed by atoms with Gasteiger partial charge in [0.2, 0.25) is 0 Å². The summed E-state index contributed by atoms with van der Waals surface area (Å²) in [6.45, 7) is 6.27. The van der Waals surface area contributed by atoms with E-state index in [-0.39, 0.29) is 0 Å². The van der Waals surface area contributed by atoms with Gasteiger partial charge in [-0.15, -0.1) is 0 Å². The van der Waals surface area contributed by atoms with Crippen LogP contribution in [0.1, 0.15) is 23.6 Å². The summed E-state index contributed by atoms with van der Waals surface area (Å²) < 4.78 is 5.48. The van der Waals surface area contributed by atoms with E-state index in [1.165, 1.54) is 16.7 Å². The first kappa shape index (κ1) is 13.6. The van der Waals surface area contributed by atoms with Gasteiger partial charge in [0.25, 0.3) is 0 Å². The molecule has 1 aromatic heterocycles. The van der Waals surface area contributed by atoms with Gasteiger partial charge >= 0.3 is 0 Å². The van der Waals surface area contributed by atoms with Gasteiger partial charge in [0, 0.05) is 36.8 Å². The molecule has 0 atom stereocenters. The minimum absolute atomic E-state index is 0.645. The zero-order chi connectivity index (χ0) is 13.5. The monoisotopic (exact) mass is 256 g/mol. The molecule has 0 unspecified atom stereocenters. The summed E-state index contributed by atoms with van der Waals surface area (Å²) >= 11 is 0. The fourth-order valence-electron chi connectivity index (χ4n) is 1.90. The molecule has 0 amide bonds. The van der Waals surface area contributed by atoms with Crippen molar-refractivity contribution in [3.05, 3.63) is 59.4 Å². The van der Waals surface area contributed by atoms with Crippen LogP contribution in [0.3, 0.4) is 0 Å². The fraction of sp³-hybridized carbons (Fsp3) is 0.312. The van der Waals surface area contributed by atoms with Crippen LogP contribution in [0.4, 0.5) is 5.69 Å². The number of ether oxygens (including phenoxy) is 1. The number of nitrogens with zero attached hydrogens (tertiary/aromatic N) is 1. The quantitative estimate of drug-likeness (QED) is 0.858. The molecule has 0 bridgehead atoms. The molecule has 0 aliphatic rings. The van der Waals surface area contributed by atoms with E-state index in [1.807, 2.05) is 37.5 Å². The molecule has 1 N–H and O–H groups in total. The Kier molecular flexibility index (Phi) is 4.93. The number of nitrogens with one attached hydrogen (secondary N) is 1. The molecule has 3 nitrogen and oxygen atoms in total. The van der Waals surface area contributed by atoms with Crippen molar-refractivity contribution in [1.82, 2.24) is 4.98 Å². The Morgan fingerprint density at radius 1 is 1.16 bits per heavy atom. The molecule has 2 aromatic rings. The number of para-hydroxylation sites is 1. The highest BCUT2D eigenvalue weighted by Crippen LogP contribution is 2.17. The lowest BCUT2D eigenvalue weighted by Crippen LogP contribution is -2.05. The molecule has 0 aliphatic heterocycles. The molecular weight excluding hydrogens is 236 g/mol. The van der Waals surface area contributed by atoms with Gasteiger partial charge in [-0.05, 0) is 37.1 Å². The maximum absolute atomic E-state index is 5.48. The van der Waals surface area contributed by atoms with Gasteiger partial charge in [0.15, 0.2) is 0 Å². The number of benzene rings is 1. The summed E-state index contributed by atoms with van der Waals surface area (Å²) in [5.41, 5.74) is 4.78. The van der Waals surface area contributed by atoms with Crippen LogP contribution in [0.5, 0.6) is 0 Å². The Hall–Kier alpha value is -1.87. The van der Waals surface area contributed by atoms with Crippen molar-refractivity contribution >= 4 is 5.69 Å². The minimum Gasteiger partial charge on any atom is -0.381 e. The Balaban J connectivity index is 2.05. The van der Waals surface area contributed by atoms with Gasteiger partial charge in [0.05, 0.1) is 6.61 Å². The van der Waals surface area contributed by atoms with Crippen molar-refractivity contribution in [2.75, 3.05) is 11.9 Å². The lowest BCUT2D eigenvalue weighted by Gasteiger charge is -2.13. The van der Waals surface area contributed by atoms with Crippen molar-refractivity contribution in [1.29, 1.82) is 0 Å². The average Bonchev–Trinajstić information content (AvgIpc) is 2.45. The lowest BCUT2D eigenvalue weighted by atomic mass is 10.1. The third kappa shape index (κ3) is 3.80. The predicted molar refractivity (Wildman–Crippen MR) is 78.1 cm³/mol. The van der Waals surface area contributed by atoms with Crippen molar-refractivity contribution in [2.24, 2.45) is 0 Å². The van der Waals surface area contributed by atoms with Crippen molar-refractivity contribution < 1.29 is 4.74 Å². The second-order valence-electron chi connectivity index (χ2n) is 4.45. The van der Waals surface area contributed by atoms with Gasteiger partial charge in [-0.25, -0.2) is 0 Å². The van der Waals surface area contributed by atoms with Gasteiger partial charge < -0.3 is 10.1 Å². The molecule has 1 heterocycles. The van der Waals surface area contributed by atoms with E-state index in [0.717, 1.165) is 18.8 Å². The highest BCUT2D eigenvalue weighted by atomic mass is 16.5.